The van der Waals surface area contributed by atoms with E-state index in [-0.39, 0.29) is 17.0 Å². The summed E-state index contributed by atoms with van der Waals surface area (Å²) in [6.07, 6.45) is -3.82. The van der Waals surface area contributed by atoms with Gasteiger partial charge in [-0.25, -0.2) is 18.4 Å². The van der Waals surface area contributed by atoms with Gasteiger partial charge in [0.1, 0.15) is 17.1 Å². The molecule has 0 radical (unpaired) electrons. The van der Waals surface area contributed by atoms with Gasteiger partial charge in [0, 0.05) is 12.7 Å². The average Bonchev–Trinajstić information content (AvgIpc) is 2.56. The minimum atomic E-state index is -2.72. The van der Waals surface area contributed by atoms with Crippen LogP contribution >= 0.6 is 11.8 Å². The van der Waals surface area contributed by atoms with Crippen molar-refractivity contribution in [1.29, 1.82) is 0 Å². The maximum atomic E-state index is 12.5. The first-order valence-corrected chi connectivity index (χ1v) is 9.14. The van der Waals surface area contributed by atoms with Crippen molar-refractivity contribution >= 4 is 29.8 Å². The zero-order valence-electron chi connectivity index (χ0n) is 14.9. The molecule has 2 heterocycles. The van der Waals surface area contributed by atoms with E-state index in [0.29, 0.717) is 6.08 Å². The van der Waals surface area contributed by atoms with Gasteiger partial charge >= 0.3 is 12.1 Å². The number of β-lactam (4-membered cyclic amide) rings is 1. The Hall–Kier alpha value is -2.14. The molecule has 2 aliphatic rings. The molecule has 150 valence electrons. The van der Waals surface area contributed by atoms with Gasteiger partial charge in [-0.05, 0) is 25.5 Å². The summed E-state index contributed by atoms with van der Waals surface area (Å²) in [5.41, 5.74) is 5.72. The molecule has 2 aliphatic heterocycles. The number of halogens is 2. The van der Waals surface area contributed by atoms with Crippen LogP contribution in [0, 0.1) is 0 Å². The lowest BCUT2D eigenvalue weighted by Gasteiger charge is -2.48. The highest BCUT2D eigenvalue weighted by atomic mass is 32.2. The fourth-order valence-electron chi connectivity index (χ4n) is 2.43. The van der Waals surface area contributed by atoms with Crippen LogP contribution < -0.4 is 5.73 Å². The van der Waals surface area contributed by atoms with Crippen LogP contribution in [0.15, 0.2) is 23.4 Å². The van der Waals surface area contributed by atoms with Crippen LogP contribution in [0.2, 0.25) is 0 Å². The van der Waals surface area contributed by atoms with Crippen LogP contribution in [0.5, 0.6) is 0 Å². The Morgan fingerprint density at radius 2 is 1.93 bits per heavy atom. The van der Waals surface area contributed by atoms with Crippen LogP contribution in [0.4, 0.5) is 13.6 Å². The number of allylic oxidation sites excluding steroid dienone is 2. The third kappa shape index (κ3) is 4.98. The van der Waals surface area contributed by atoms with Crippen LogP contribution in [-0.2, 0) is 23.8 Å². The molecule has 3 atom stereocenters. The molecule has 1 saturated heterocycles. The molecule has 27 heavy (non-hydrogen) atoms. The van der Waals surface area contributed by atoms with E-state index in [1.165, 1.54) is 18.7 Å². The van der Waals surface area contributed by atoms with E-state index in [9.17, 15) is 23.2 Å². The average molecular weight is 406 g/mol. The van der Waals surface area contributed by atoms with Gasteiger partial charge in [-0.1, -0.05) is 6.08 Å². The van der Waals surface area contributed by atoms with Gasteiger partial charge in [0.15, 0.2) is 0 Å². The predicted octanol–water partition coefficient (Wildman–Crippen LogP) is 1.75. The van der Waals surface area contributed by atoms with E-state index in [1.807, 2.05) is 0 Å². The number of nitrogens with zero attached hydrogens (tertiary/aromatic N) is 1. The van der Waals surface area contributed by atoms with Crippen LogP contribution in [0.25, 0.3) is 0 Å². The molecule has 0 aliphatic carbocycles. The third-order valence-corrected chi connectivity index (χ3v) is 4.87. The van der Waals surface area contributed by atoms with Crippen molar-refractivity contribution in [2.75, 3.05) is 5.75 Å². The van der Waals surface area contributed by atoms with Gasteiger partial charge in [-0.15, -0.1) is 11.8 Å². The number of amides is 1. The molecule has 0 aromatic carbocycles. The molecule has 0 aromatic heterocycles. The maximum Gasteiger partial charge on any atom is 0.511 e. The second-order valence-electron chi connectivity index (χ2n) is 6.01. The molecule has 1 unspecified atom stereocenters. The number of nitrogens with two attached hydrogens (primary N) is 1. The minimum absolute atomic E-state index is 0.185. The highest BCUT2D eigenvalue weighted by Crippen LogP contribution is 2.40. The van der Waals surface area contributed by atoms with E-state index < -0.39 is 48.3 Å². The number of esters is 1. The highest BCUT2D eigenvalue weighted by Gasteiger charge is 2.52. The number of rotatable bonds is 6. The lowest BCUT2D eigenvalue weighted by Crippen LogP contribution is -2.68. The smallest absolute Gasteiger partial charge is 0.431 e. The minimum Gasteiger partial charge on any atom is -0.431 e. The van der Waals surface area contributed by atoms with Gasteiger partial charge in [-0.2, -0.15) is 0 Å². The summed E-state index contributed by atoms with van der Waals surface area (Å²) < 4.78 is 39.6. The monoisotopic (exact) mass is 406 g/mol. The molecule has 0 aromatic rings. The molecular weight excluding hydrogens is 386 g/mol. The Morgan fingerprint density at radius 1 is 1.26 bits per heavy atom. The number of hydrogen-bond donors (Lipinski definition) is 1. The lowest BCUT2D eigenvalue weighted by atomic mass is 10.0. The van der Waals surface area contributed by atoms with Gasteiger partial charge in [0.2, 0.25) is 12.2 Å². The van der Waals surface area contributed by atoms with Crippen molar-refractivity contribution in [3.05, 3.63) is 23.4 Å². The summed E-state index contributed by atoms with van der Waals surface area (Å²) in [4.78, 5) is 37.2. The summed E-state index contributed by atoms with van der Waals surface area (Å²) >= 11 is 1.26. The number of alkyl halides is 2. The number of carbonyl (C=O) groups excluding carboxylic acids is 3. The van der Waals surface area contributed by atoms with Crippen molar-refractivity contribution in [1.82, 2.24) is 4.90 Å². The Labute approximate surface area is 158 Å². The Bertz CT molecular complexity index is 682. The summed E-state index contributed by atoms with van der Waals surface area (Å²) in [7, 11) is 0. The van der Waals surface area contributed by atoms with Crippen molar-refractivity contribution < 1.29 is 37.4 Å². The fraction of sp³-hybridized carbons (Fsp3) is 0.562. The van der Waals surface area contributed by atoms with Crippen LogP contribution in [0.1, 0.15) is 20.8 Å². The van der Waals surface area contributed by atoms with Gasteiger partial charge < -0.3 is 19.9 Å². The molecule has 1 amide bonds. The molecule has 0 bridgehead atoms. The van der Waals surface area contributed by atoms with Crippen molar-refractivity contribution in [3.63, 3.8) is 0 Å². The Balaban J connectivity index is 2.17. The normalized spacial score (nSPS) is 23.4. The largest absolute Gasteiger partial charge is 0.511 e. The predicted molar refractivity (Wildman–Crippen MR) is 91.5 cm³/mol. The van der Waals surface area contributed by atoms with Gasteiger partial charge in [-0.3, -0.25) is 9.69 Å². The van der Waals surface area contributed by atoms with E-state index >= 15 is 0 Å². The Kier molecular flexibility index (Phi) is 6.82. The van der Waals surface area contributed by atoms with E-state index in [1.54, 1.807) is 13.8 Å². The topological polar surface area (TPSA) is 108 Å². The molecule has 2 rings (SSSR count). The molecule has 0 spiro atoms. The Morgan fingerprint density at radius 3 is 2.52 bits per heavy atom. The second kappa shape index (κ2) is 8.70. The zero-order chi connectivity index (χ0) is 20.3. The van der Waals surface area contributed by atoms with Gasteiger partial charge in [0.05, 0.1) is 6.10 Å². The third-order valence-electron chi connectivity index (χ3n) is 3.54. The van der Waals surface area contributed by atoms with Crippen LogP contribution in [0.3, 0.4) is 0 Å². The number of fused-ring (bicyclic) bond motifs is 1. The SMILES string of the molecule is CC(C)OC(=O)OC(C)OC(=O)C1=C(/C=C/C(F)F)CS[C@@H]2[C@H](N)C(=O)N12. The van der Waals surface area contributed by atoms with E-state index in [4.69, 9.17) is 19.9 Å². The standard InChI is InChI=1S/C16H20F2N2O6S/c1-7(2)24-16(23)26-8(3)25-15(22)12-9(4-5-10(17)18)6-27-14-11(19)13(21)20(12)14/h4-5,7-8,10-11,14H,6,19H2,1-3H3/b5-4+/t8?,11-,14-/m1/s1. The molecule has 0 saturated carbocycles. The number of hydrogen-bond acceptors (Lipinski definition) is 8. The van der Waals surface area contributed by atoms with E-state index in [2.05, 4.69) is 0 Å². The highest BCUT2D eigenvalue weighted by molar-refractivity contribution is 8.00. The lowest BCUT2D eigenvalue weighted by molar-refractivity contribution is -0.169. The molecule has 8 nitrogen and oxygen atoms in total. The van der Waals surface area contributed by atoms with Crippen molar-refractivity contribution in [2.45, 2.75) is 51.0 Å². The summed E-state index contributed by atoms with van der Waals surface area (Å²) in [5, 5.41) is -0.481. The first kappa shape index (κ1) is 21.2. The molecular formula is C16H20F2N2O6S. The first-order valence-electron chi connectivity index (χ1n) is 8.09. The summed E-state index contributed by atoms with van der Waals surface area (Å²) in [6, 6.07) is -0.784. The molecule has 2 N–H and O–H groups in total. The fourth-order valence-corrected chi connectivity index (χ4v) is 3.70. The number of thioether (sulfide) groups is 1. The van der Waals surface area contributed by atoms with Gasteiger partial charge in [0.25, 0.3) is 6.43 Å². The summed E-state index contributed by atoms with van der Waals surface area (Å²) in [6.45, 7) is 4.51. The van der Waals surface area contributed by atoms with Crippen LogP contribution in [-0.4, -0.2) is 58.9 Å². The second-order valence-corrected chi connectivity index (χ2v) is 7.12. The van der Waals surface area contributed by atoms with Crippen molar-refractivity contribution in [3.8, 4) is 0 Å². The number of ether oxygens (including phenoxy) is 3. The van der Waals surface area contributed by atoms with Crippen molar-refractivity contribution in [2.24, 2.45) is 5.73 Å². The molecule has 11 heteroatoms. The summed E-state index contributed by atoms with van der Waals surface area (Å²) in [5.74, 6) is -1.31. The maximum absolute atomic E-state index is 12.5. The molecule has 1 fully saturated rings. The first-order chi connectivity index (χ1) is 12.6. The van der Waals surface area contributed by atoms with E-state index in [0.717, 1.165) is 11.0 Å². The quantitative estimate of drug-likeness (QED) is 0.404. The zero-order valence-corrected chi connectivity index (χ0v) is 15.7. The number of carbonyl (C=O) groups is 3.